The summed E-state index contributed by atoms with van der Waals surface area (Å²) < 4.78 is 9.86. The van der Waals surface area contributed by atoms with Crippen LogP contribution >= 0.6 is 11.3 Å². The number of imide groups is 1. The van der Waals surface area contributed by atoms with E-state index < -0.39 is 12.0 Å². The summed E-state index contributed by atoms with van der Waals surface area (Å²) in [6.45, 7) is 1.83. The van der Waals surface area contributed by atoms with Crippen molar-refractivity contribution in [1.82, 2.24) is 5.32 Å². The standard InChI is InChI=1S/C19H20N2O5S/c1-3-26-19(24)21-17(23)15-13-5-4-6-14(13)27-18(15)20-16(22)11-7-9-12(25-2)10-8-11/h7-10H,3-6H2,1-2H3,(H,20,22)(H,21,23,24). The van der Waals surface area contributed by atoms with Crippen LogP contribution in [0.1, 0.15) is 44.5 Å². The highest BCUT2D eigenvalue weighted by molar-refractivity contribution is 7.17. The zero-order valence-corrected chi connectivity index (χ0v) is 15.9. The van der Waals surface area contributed by atoms with Crippen LogP contribution in [0, 0.1) is 0 Å². The average molecular weight is 388 g/mol. The number of aryl methyl sites for hydroxylation is 1. The van der Waals surface area contributed by atoms with Crippen molar-refractivity contribution < 1.29 is 23.9 Å². The molecule has 1 aromatic carbocycles. The second-order valence-corrected chi connectivity index (χ2v) is 7.02. The predicted molar refractivity (Wildman–Crippen MR) is 102 cm³/mol. The van der Waals surface area contributed by atoms with Gasteiger partial charge in [0.15, 0.2) is 0 Å². The zero-order chi connectivity index (χ0) is 19.4. The Morgan fingerprint density at radius 1 is 1.11 bits per heavy atom. The minimum absolute atomic E-state index is 0.169. The minimum atomic E-state index is -0.798. The number of nitrogens with one attached hydrogen (secondary N) is 2. The van der Waals surface area contributed by atoms with Crippen LogP contribution in [0.3, 0.4) is 0 Å². The number of thiophene rings is 1. The number of fused-ring (bicyclic) bond motifs is 1. The Morgan fingerprint density at radius 2 is 1.85 bits per heavy atom. The number of benzene rings is 1. The van der Waals surface area contributed by atoms with E-state index in [1.165, 1.54) is 11.3 Å². The largest absolute Gasteiger partial charge is 0.497 e. The third-order valence-corrected chi connectivity index (χ3v) is 5.43. The summed E-state index contributed by atoms with van der Waals surface area (Å²) in [5, 5.41) is 5.47. The fourth-order valence-corrected chi connectivity index (χ4v) is 4.25. The Balaban J connectivity index is 1.83. The molecule has 27 heavy (non-hydrogen) atoms. The summed E-state index contributed by atoms with van der Waals surface area (Å²) in [6.07, 6.45) is 1.76. The van der Waals surface area contributed by atoms with Crippen LogP contribution < -0.4 is 15.4 Å². The van der Waals surface area contributed by atoms with Crippen LogP contribution in [-0.2, 0) is 17.6 Å². The quantitative estimate of drug-likeness (QED) is 0.819. The van der Waals surface area contributed by atoms with Gasteiger partial charge in [-0.05, 0) is 56.0 Å². The molecule has 0 fully saturated rings. The highest BCUT2D eigenvalue weighted by Crippen LogP contribution is 2.39. The fraction of sp³-hybridized carbons (Fsp3) is 0.316. The number of hydrogen-bond donors (Lipinski definition) is 2. The Hall–Kier alpha value is -2.87. The van der Waals surface area contributed by atoms with Gasteiger partial charge in [0.25, 0.3) is 11.8 Å². The van der Waals surface area contributed by atoms with Crippen molar-refractivity contribution >= 4 is 34.2 Å². The molecule has 2 N–H and O–H groups in total. The topological polar surface area (TPSA) is 93.7 Å². The average Bonchev–Trinajstić information content (AvgIpc) is 3.22. The molecule has 1 heterocycles. The molecule has 142 valence electrons. The van der Waals surface area contributed by atoms with Gasteiger partial charge in [0.05, 0.1) is 19.3 Å². The second kappa shape index (κ2) is 8.22. The van der Waals surface area contributed by atoms with Crippen LogP contribution in [-0.4, -0.2) is 31.6 Å². The lowest BCUT2D eigenvalue weighted by atomic mass is 10.1. The molecule has 7 nitrogen and oxygen atoms in total. The van der Waals surface area contributed by atoms with Crippen LogP contribution in [0.25, 0.3) is 0 Å². The molecule has 1 aliphatic carbocycles. The normalized spacial score (nSPS) is 12.2. The highest BCUT2D eigenvalue weighted by atomic mass is 32.1. The summed E-state index contributed by atoms with van der Waals surface area (Å²) in [5.41, 5.74) is 1.69. The molecule has 3 amide bonds. The molecule has 1 aliphatic rings. The van der Waals surface area contributed by atoms with E-state index in [-0.39, 0.29) is 12.5 Å². The van der Waals surface area contributed by atoms with Gasteiger partial charge in [-0.3, -0.25) is 14.9 Å². The number of amides is 3. The van der Waals surface area contributed by atoms with Gasteiger partial charge in [0.2, 0.25) is 0 Å². The van der Waals surface area contributed by atoms with Crippen molar-refractivity contribution in [3.05, 3.63) is 45.8 Å². The predicted octanol–water partition coefficient (Wildman–Crippen LogP) is 3.38. The highest BCUT2D eigenvalue weighted by Gasteiger charge is 2.28. The minimum Gasteiger partial charge on any atom is -0.497 e. The van der Waals surface area contributed by atoms with Gasteiger partial charge in [-0.15, -0.1) is 11.3 Å². The zero-order valence-electron chi connectivity index (χ0n) is 15.1. The van der Waals surface area contributed by atoms with Crippen molar-refractivity contribution in [2.45, 2.75) is 26.2 Å². The van der Waals surface area contributed by atoms with E-state index in [0.29, 0.717) is 21.9 Å². The summed E-state index contributed by atoms with van der Waals surface area (Å²) in [4.78, 5) is 37.8. The molecular weight excluding hydrogens is 368 g/mol. The number of hydrogen-bond acceptors (Lipinski definition) is 6. The number of ether oxygens (including phenoxy) is 2. The molecule has 0 bridgehead atoms. The number of methoxy groups -OCH3 is 1. The number of anilines is 1. The molecule has 8 heteroatoms. The molecule has 0 aliphatic heterocycles. The van der Waals surface area contributed by atoms with Crippen molar-refractivity contribution in [2.24, 2.45) is 0 Å². The van der Waals surface area contributed by atoms with Crippen molar-refractivity contribution in [3.63, 3.8) is 0 Å². The molecule has 3 rings (SSSR count). The molecule has 1 aromatic heterocycles. The Labute approximate surface area is 160 Å². The van der Waals surface area contributed by atoms with Crippen LogP contribution in [0.5, 0.6) is 5.75 Å². The fourth-order valence-electron chi connectivity index (χ4n) is 2.97. The number of carbonyl (C=O) groups is 3. The van der Waals surface area contributed by atoms with Gasteiger partial charge < -0.3 is 14.8 Å². The summed E-state index contributed by atoms with van der Waals surface area (Å²) in [5.74, 6) is -0.239. The first-order valence-electron chi connectivity index (χ1n) is 8.61. The van der Waals surface area contributed by atoms with E-state index >= 15 is 0 Å². The van der Waals surface area contributed by atoms with Gasteiger partial charge in [-0.1, -0.05) is 0 Å². The molecular formula is C19H20N2O5S. The second-order valence-electron chi connectivity index (χ2n) is 5.92. The SMILES string of the molecule is CCOC(=O)NC(=O)c1c(NC(=O)c2ccc(OC)cc2)sc2c1CCC2. The molecule has 0 saturated carbocycles. The van der Waals surface area contributed by atoms with E-state index in [2.05, 4.69) is 10.6 Å². The van der Waals surface area contributed by atoms with Crippen molar-refractivity contribution in [2.75, 3.05) is 19.0 Å². The van der Waals surface area contributed by atoms with E-state index in [1.54, 1.807) is 38.3 Å². The van der Waals surface area contributed by atoms with Gasteiger partial charge in [0, 0.05) is 10.4 Å². The maximum Gasteiger partial charge on any atom is 0.414 e. The lowest BCUT2D eigenvalue weighted by Gasteiger charge is -2.09. The summed E-state index contributed by atoms with van der Waals surface area (Å²) >= 11 is 1.38. The Kier molecular flexibility index (Phi) is 5.75. The molecule has 2 aromatic rings. The first kappa shape index (κ1) is 18.9. The van der Waals surface area contributed by atoms with Crippen LogP contribution in [0.2, 0.25) is 0 Å². The lowest BCUT2D eigenvalue weighted by molar-refractivity contribution is 0.0925. The monoisotopic (exact) mass is 388 g/mol. The van der Waals surface area contributed by atoms with Crippen LogP contribution in [0.4, 0.5) is 9.80 Å². The Bertz CT molecular complexity index is 873. The molecule has 0 atom stereocenters. The van der Waals surface area contributed by atoms with E-state index in [4.69, 9.17) is 9.47 Å². The summed E-state index contributed by atoms with van der Waals surface area (Å²) in [7, 11) is 1.55. The lowest BCUT2D eigenvalue weighted by Crippen LogP contribution is -2.32. The van der Waals surface area contributed by atoms with E-state index in [1.807, 2.05) is 0 Å². The van der Waals surface area contributed by atoms with Gasteiger partial charge >= 0.3 is 6.09 Å². The smallest absolute Gasteiger partial charge is 0.414 e. The van der Waals surface area contributed by atoms with Crippen LogP contribution in [0.15, 0.2) is 24.3 Å². The summed E-state index contributed by atoms with van der Waals surface area (Å²) in [6, 6.07) is 6.68. The maximum atomic E-state index is 12.6. The Morgan fingerprint density at radius 3 is 2.52 bits per heavy atom. The molecule has 0 saturated heterocycles. The number of alkyl carbamates (subject to hydrolysis) is 1. The van der Waals surface area contributed by atoms with Gasteiger partial charge in [0.1, 0.15) is 10.8 Å². The van der Waals surface area contributed by atoms with E-state index in [0.717, 1.165) is 29.7 Å². The first-order chi connectivity index (χ1) is 13.0. The molecule has 0 spiro atoms. The molecule has 0 unspecified atom stereocenters. The van der Waals surface area contributed by atoms with Gasteiger partial charge in [-0.2, -0.15) is 0 Å². The van der Waals surface area contributed by atoms with Crippen molar-refractivity contribution in [1.29, 1.82) is 0 Å². The third-order valence-electron chi connectivity index (χ3n) is 4.22. The molecule has 0 radical (unpaired) electrons. The number of rotatable bonds is 5. The first-order valence-corrected chi connectivity index (χ1v) is 9.43. The third kappa shape index (κ3) is 4.11. The maximum absolute atomic E-state index is 12.6. The van der Waals surface area contributed by atoms with E-state index in [9.17, 15) is 14.4 Å². The van der Waals surface area contributed by atoms with Gasteiger partial charge in [-0.25, -0.2) is 4.79 Å². The van der Waals surface area contributed by atoms with Crippen molar-refractivity contribution in [3.8, 4) is 5.75 Å². The number of carbonyl (C=O) groups excluding carboxylic acids is 3.